The molecule has 4 N–H and O–H groups in total. The Hall–Kier alpha value is -2.41. The lowest BCUT2D eigenvalue weighted by molar-refractivity contribution is -0.121. The Labute approximate surface area is 171 Å². The van der Waals surface area contributed by atoms with E-state index in [4.69, 9.17) is 10.5 Å². The number of carbonyl (C=O) groups excluding carboxylic acids is 3. The number of nitrogens with two attached hydrogens (primary N) is 1. The standard InChI is InChI=1S/C22H31N3O4/c23-20(26)14-19(15-9-11-29-12-10-15)25-22(28)17-7-4-8-18(13-17)24-21(27)16-5-2-1-3-6-16/h4,7-8,13,15-16,19H,1-3,5-6,9-12,14H2,(H2,23,26)(H,24,27)(H,25,28). The lowest BCUT2D eigenvalue weighted by Gasteiger charge is -2.30. The second kappa shape index (κ2) is 10.4. The maximum absolute atomic E-state index is 12.8. The molecule has 2 aliphatic rings. The number of primary amides is 1. The second-order valence-electron chi connectivity index (χ2n) is 8.11. The Balaban J connectivity index is 1.63. The van der Waals surface area contributed by atoms with E-state index in [0.717, 1.165) is 38.5 Å². The fourth-order valence-electron chi connectivity index (χ4n) is 4.27. The van der Waals surface area contributed by atoms with Gasteiger partial charge in [0, 0.05) is 42.8 Å². The Morgan fingerprint density at radius 1 is 1.07 bits per heavy atom. The van der Waals surface area contributed by atoms with Crippen molar-refractivity contribution in [3.05, 3.63) is 29.8 Å². The van der Waals surface area contributed by atoms with Gasteiger partial charge in [-0.2, -0.15) is 0 Å². The number of hydrogen-bond donors (Lipinski definition) is 3. The van der Waals surface area contributed by atoms with Crippen molar-refractivity contribution in [3.63, 3.8) is 0 Å². The van der Waals surface area contributed by atoms with Crippen LogP contribution in [0.2, 0.25) is 0 Å². The molecule has 7 heteroatoms. The molecule has 1 saturated carbocycles. The number of anilines is 1. The third kappa shape index (κ3) is 6.29. The fraction of sp³-hybridized carbons (Fsp3) is 0.591. The summed E-state index contributed by atoms with van der Waals surface area (Å²) < 4.78 is 5.38. The molecule has 1 atom stereocenters. The smallest absolute Gasteiger partial charge is 0.251 e. The Bertz CT molecular complexity index is 725. The Morgan fingerprint density at radius 3 is 2.48 bits per heavy atom. The molecule has 29 heavy (non-hydrogen) atoms. The number of benzene rings is 1. The molecule has 3 rings (SSSR count). The predicted octanol–water partition coefficient (Wildman–Crippen LogP) is 2.61. The SMILES string of the molecule is NC(=O)CC(NC(=O)c1cccc(NC(=O)C2CCCCC2)c1)C1CCOCC1. The van der Waals surface area contributed by atoms with E-state index in [2.05, 4.69) is 10.6 Å². The molecule has 3 amide bonds. The zero-order chi connectivity index (χ0) is 20.6. The quantitative estimate of drug-likeness (QED) is 0.652. The van der Waals surface area contributed by atoms with E-state index in [9.17, 15) is 14.4 Å². The Morgan fingerprint density at radius 2 is 1.79 bits per heavy atom. The largest absolute Gasteiger partial charge is 0.381 e. The van der Waals surface area contributed by atoms with Crippen LogP contribution >= 0.6 is 0 Å². The summed E-state index contributed by atoms with van der Waals surface area (Å²) in [5.41, 5.74) is 6.46. The monoisotopic (exact) mass is 401 g/mol. The lowest BCUT2D eigenvalue weighted by atomic mass is 9.88. The van der Waals surface area contributed by atoms with Crippen molar-refractivity contribution in [2.24, 2.45) is 17.6 Å². The van der Waals surface area contributed by atoms with Gasteiger partial charge >= 0.3 is 0 Å². The van der Waals surface area contributed by atoms with Crippen LogP contribution in [0, 0.1) is 11.8 Å². The summed E-state index contributed by atoms with van der Waals surface area (Å²) in [5.74, 6) is -0.466. The summed E-state index contributed by atoms with van der Waals surface area (Å²) in [6.45, 7) is 1.25. The van der Waals surface area contributed by atoms with E-state index in [1.807, 2.05) is 0 Å². The molecular weight excluding hydrogens is 370 g/mol. The molecule has 0 radical (unpaired) electrons. The zero-order valence-corrected chi connectivity index (χ0v) is 16.8. The van der Waals surface area contributed by atoms with Crippen molar-refractivity contribution in [1.29, 1.82) is 0 Å². The number of rotatable bonds is 7. The first-order valence-corrected chi connectivity index (χ1v) is 10.6. The van der Waals surface area contributed by atoms with Crippen molar-refractivity contribution >= 4 is 23.4 Å². The van der Waals surface area contributed by atoms with Crippen LogP contribution in [-0.4, -0.2) is 37.0 Å². The molecule has 158 valence electrons. The molecule has 1 aromatic rings. The van der Waals surface area contributed by atoms with E-state index < -0.39 is 5.91 Å². The van der Waals surface area contributed by atoms with Crippen molar-refractivity contribution in [2.45, 2.75) is 57.4 Å². The topological polar surface area (TPSA) is 111 Å². The van der Waals surface area contributed by atoms with Gasteiger partial charge in [0.15, 0.2) is 0 Å². The number of carbonyl (C=O) groups is 3. The van der Waals surface area contributed by atoms with Gasteiger partial charge in [0.1, 0.15) is 0 Å². The number of nitrogens with one attached hydrogen (secondary N) is 2. The minimum Gasteiger partial charge on any atom is -0.381 e. The van der Waals surface area contributed by atoms with Gasteiger partial charge in [0.05, 0.1) is 0 Å². The van der Waals surface area contributed by atoms with Gasteiger partial charge in [-0.3, -0.25) is 14.4 Å². The lowest BCUT2D eigenvalue weighted by Crippen LogP contribution is -2.44. The fourth-order valence-corrected chi connectivity index (χ4v) is 4.27. The number of ether oxygens (including phenoxy) is 1. The van der Waals surface area contributed by atoms with Crippen molar-refractivity contribution in [2.75, 3.05) is 18.5 Å². The normalized spacial score (nSPS) is 19.3. The number of hydrogen-bond acceptors (Lipinski definition) is 4. The van der Waals surface area contributed by atoms with Crippen LogP contribution in [0.5, 0.6) is 0 Å². The zero-order valence-electron chi connectivity index (χ0n) is 16.8. The average molecular weight is 402 g/mol. The molecule has 0 bridgehead atoms. The van der Waals surface area contributed by atoms with Crippen LogP contribution in [0.4, 0.5) is 5.69 Å². The molecule has 1 aromatic carbocycles. The molecule has 1 unspecified atom stereocenters. The van der Waals surface area contributed by atoms with Gasteiger partial charge < -0.3 is 21.1 Å². The summed E-state index contributed by atoms with van der Waals surface area (Å²) in [6, 6.07) is 6.61. The molecule has 2 fully saturated rings. The minimum atomic E-state index is -0.435. The van der Waals surface area contributed by atoms with Crippen LogP contribution in [0.3, 0.4) is 0 Å². The van der Waals surface area contributed by atoms with Gasteiger partial charge in [0.25, 0.3) is 5.91 Å². The minimum absolute atomic E-state index is 0.0241. The van der Waals surface area contributed by atoms with Crippen LogP contribution in [0.15, 0.2) is 24.3 Å². The van der Waals surface area contributed by atoms with Gasteiger partial charge in [0.2, 0.25) is 11.8 Å². The molecule has 1 aliphatic carbocycles. The summed E-state index contributed by atoms with van der Waals surface area (Å²) in [4.78, 5) is 36.8. The molecule has 1 aliphatic heterocycles. The highest BCUT2D eigenvalue weighted by molar-refractivity contribution is 5.98. The summed E-state index contributed by atoms with van der Waals surface area (Å²) in [7, 11) is 0. The van der Waals surface area contributed by atoms with E-state index in [-0.39, 0.29) is 36.1 Å². The molecule has 1 heterocycles. The average Bonchev–Trinajstić information content (AvgIpc) is 2.74. The van der Waals surface area contributed by atoms with Gasteiger partial charge in [-0.15, -0.1) is 0 Å². The van der Waals surface area contributed by atoms with Crippen LogP contribution in [0.1, 0.15) is 61.7 Å². The Kier molecular flexibility index (Phi) is 7.63. The highest BCUT2D eigenvalue weighted by Crippen LogP contribution is 2.25. The van der Waals surface area contributed by atoms with Crippen molar-refractivity contribution in [3.8, 4) is 0 Å². The summed E-state index contributed by atoms with van der Waals surface area (Å²) >= 11 is 0. The molecule has 0 aromatic heterocycles. The van der Waals surface area contributed by atoms with Crippen LogP contribution < -0.4 is 16.4 Å². The van der Waals surface area contributed by atoms with E-state index >= 15 is 0 Å². The van der Waals surface area contributed by atoms with Crippen molar-refractivity contribution in [1.82, 2.24) is 5.32 Å². The third-order valence-corrected chi connectivity index (χ3v) is 5.94. The highest BCUT2D eigenvalue weighted by Gasteiger charge is 2.27. The molecule has 7 nitrogen and oxygen atoms in total. The predicted molar refractivity (Wildman–Crippen MR) is 110 cm³/mol. The van der Waals surface area contributed by atoms with E-state index in [1.165, 1.54) is 6.42 Å². The number of amides is 3. The van der Waals surface area contributed by atoms with Crippen LogP contribution in [0.25, 0.3) is 0 Å². The van der Waals surface area contributed by atoms with Gasteiger partial charge in [-0.05, 0) is 49.8 Å². The first-order chi connectivity index (χ1) is 14.0. The molecule has 0 spiro atoms. The first-order valence-electron chi connectivity index (χ1n) is 10.6. The van der Waals surface area contributed by atoms with Crippen molar-refractivity contribution < 1.29 is 19.1 Å². The maximum Gasteiger partial charge on any atom is 0.251 e. The van der Waals surface area contributed by atoms with Crippen LogP contribution in [-0.2, 0) is 14.3 Å². The summed E-state index contributed by atoms with van der Waals surface area (Å²) in [6.07, 6.45) is 6.90. The summed E-state index contributed by atoms with van der Waals surface area (Å²) in [5, 5.41) is 5.92. The van der Waals surface area contributed by atoms with Gasteiger partial charge in [-0.1, -0.05) is 25.3 Å². The third-order valence-electron chi connectivity index (χ3n) is 5.94. The van der Waals surface area contributed by atoms with Gasteiger partial charge in [-0.25, -0.2) is 0 Å². The maximum atomic E-state index is 12.8. The van der Waals surface area contributed by atoms with E-state index in [0.29, 0.717) is 24.5 Å². The second-order valence-corrected chi connectivity index (χ2v) is 8.11. The first kappa shape index (κ1) is 21.3. The van der Waals surface area contributed by atoms with E-state index in [1.54, 1.807) is 24.3 Å². The highest BCUT2D eigenvalue weighted by atomic mass is 16.5. The molecule has 1 saturated heterocycles. The molecular formula is C22H31N3O4.